The summed E-state index contributed by atoms with van der Waals surface area (Å²) in [6.07, 6.45) is 9.38. The van der Waals surface area contributed by atoms with Crippen LogP contribution in [0.15, 0.2) is 22.7 Å². The lowest BCUT2D eigenvalue weighted by atomic mass is 9.85. The minimum Gasteiger partial charge on any atom is -0.493 e. The molecule has 1 fully saturated rings. The average Bonchev–Trinajstić information content (AvgIpc) is 2.48. The number of halogens is 2. The predicted molar refractivity (Wildman–Crippen MR) is 89.7 cm³/mol. The Morgan fingerprint density at radius 2 is 2.05 bits per heavy atom. The van der Waals surface area contributed by atoms with E-state index in [9.17, 15) is 0 Å². The third-order valence-electron chi connectivity index (χ3n) is 4.17. The van der Waals surface area contributed by atoms with Crippen molar-refractivity contribution in [2.45, 2.75) is 57.2 Å². The monoisotopic (exact) mass is 358 g/mol. The Kier molecular flexibility index (Phi) is 6.70. The van der Waals surface area contributed by atoms with Gasteiger partial charge in [0.2, 0.25) is 0 Å². The van der Waals surface area contributed by atoms with Crippen LogP contribution in [0.1, 0.15) is 62.8 Å². The first-order valence-electron chi connectivity index (χ1n) is 7.77. The second-order valence-corrected chi connectivity index (χ2v) is 7.05. The van der Waals surface area contributed by atoms with Crippen molar-refractivity contribution in [3.05, 3.63) is 28.2 Å². The molecule has 0 aliphatic heterocycles. The molecule has 1 aliphatic carbocycles. The molecule has 112 valence electrons. The van der Waals surface area contributed by atoms with Gasteiger partial charge in [-0.05, 0) is 59.3 Å². The Balaban J connectivity index is 1.88. The molecule has 0 spiro atoms. The van der Waals surface area contributed by atoms with Crippen LogP contribution < -0.4 is 4.74 Å². The van der Waals surface area contributed by atoms with Crippen molar-refractivity contribution in [1.29, 1.82) is 0 Å². The van der Waals surface area contributed by atoms with Crippen molar-refractivity contribution < 1.29 is 4.74 Å². The Morgan fingerprint density at radius 3 is 2.70 bits per heavy atom. The van der Waals surface area contributed by atoms with E-state index >= 15 is 0 Å². The first-order chi connectivity index (χ1) is 9.70. The lowest BCUT2D eigenvalue weighted by Gasteiger charge is -2.22. The van der Waals surface area contributed by atoms with E-state index in [4.69, 9.17) is 16.3 Å². The van der Waals surface area contributed by atoms with Crippen molar-refractivity contribution in [2.24, 2.45) is 5.92 Å². The second-order valence-electron chi connectivity index (χ2n) is 5.67. The molecule has 0 N–H and O–H groups in total. The van der Waals surface area contributed by atoms with Crippen LogP contribution in [-0.4, -0.2) is 6.61 Å². The molecule has 1 unspecified atom stereocenters. The van der Waals surface area contributed by atoms with Crippen LogP contribution in [-0.2, 0) is 0 Å². The molecular weight excluding hydrogens is 336 g/mol. The molecule has 0 bridgehead atoms. The number of ether oxygens (including phenoxy) is 1. The van der Waals surface area contributed by atoms with Crippen LogP contribution in [0.25, 0.3) is 0 Å². The zero-order chi connectivity index (χ0) is 14.4. The minimum absolute atomic E-state index is 0.115. The molecule has 1 aliphatic rings. The smallest absolute Gasteiger partial charge is 0.133 e. The van der Waals surface area contributed by atoms with Gasteiger partial charge in [-0.15, -0.1) is 11.6 Å². The van der Waals surface area contributed by atoms with Crippen molar-refractivity contribution in [3.63, 3.8) is 0 Å². The van der Waals surface area contributed by atoms with Gasteiger partial charge in [0.15, 0.2) is 0 Å². The van der Waals surface area contributed by atoms with E-state index < -0.39 is 0 Å². The van der Waals surface area contributed by atoms with Gasteiger partial charge >= 0.3 is 0 Å². The lowest BCUT2D eigenvalue weighted by Crippen LogP contribution is -2.07. The molecule has 1 atom stereocenters. The number of rotatable bonds is 6. The van der Waals surface area contributed by atoms with Crippen LogP contribution >= 0.6 is 27.5 Å². The van der Waals surface area contributed by atoms with Gasteiger partial charge < -0.3 is 4.74 Å². The number of hydrogen-bond acceptors (Lipinski definition) is 1. The normalized spacial score (nSPS) is 17.9. The van der Waals surface area contributed by atoms with Crippen LogP contribution in [0.5, 0.6) is 5.75 Å². The highest BCUT2D eigenvalue weighted by Crippen LogP contribution is 2.35. The van der Waals surface area contributed by atoms with Crippen molar-refractivity contribution in [3.8, 4) is 5.75 Å². The number of hydrogen-bond donors (Lipinski definition) is 0. The van der Waals surface area contributed by atoms with E-state index in [1.54, 1.807) is 0 Å². The van der Waals surface area contributed by atoms with Gasteiger partial charge in [0.05, 0.1) is 16.5 Å². The highest BCUT2D eigenvalue weighted by atomic mass is 79.9. The Hall–Kier alpha value is -0.210. The lowest BCUT2D eigenvalue weighted by molar-refractivity contribution is 0.331. The molecule has 1 saturated carbocycles. The molecule has 1 nitrogen and oxygen atoms in total. The van der Waals surface area contributed by atoms with Crippen LogP contribution in [0.3, 0.4) is 0 Å². The van der Waals surface area contributed by atoms with E-state index in [1.807, 2.05) is 13.0 Å². The number of benzene rings is 1. The topological polar surface area (TPSA) is 9.23 Å². The fourth-order valence-corrected chi connectivity index (χ4v) is 3.78. The molecule has 3 heteroatoms. The molecule has 1 aromatic carbocycles. The zero-order valence-corrected chi connectivity index (χ0v) is 14.5. The van der Waals surface area contributed by atoms with E-state index in [-0.39, 0.29) is 5.38 Å². The van der Waals surface area contributed by atoms with Gasteiger partial charge in [-0.1, -0.05) is 38.2 Å². The predicted octanol–water partition coefficient (Wildman–Crippen LogP) is 6.49. The molecule has 0 aromatic heterocycles. The number of alkyl halides is 1. The van der Waals surface area contributed by atoms with E-state index in [0.717, 1.165) is 22.6 Å². The molecule has 0 radical (unpaired) electrons. The molecule has 0 saturated heterocycles. The van der Waals surface area contributed by atoms with Crippen molar-refractivity contribution in [2.75, 3.05) is 6.61 Å². The van der Waals surface area contributed by atoms with Gasteiger partial charge in [-0.3, -0.25) is 0 Å². The van der Waals surface area contributed by atoms with Gasteiger partial charge in [-0.25, -0.2) is 0 Å². The Bertz CT molecular complexity index is 415. The second kappa shape index (κ2) is 8.29. The fourth-order valence-electron chi connectivity index (χ4n) is 3.01. The largest absolute Gasteiger partial charge is 0.493 e. The Morgan fingerprint density at radius 1 is 1.30 bits per heavy atom. The van der Waals surface area contributed by atoms with Crippen LogP contribution in [0, 0.1) is 5.92 Å². The van der Waals surface area contributed by atoms with E-state index in [2.05, 4.69) is 28.1 Å². The van der Waals surface area contributed by atoms with Crippen molar-refractivity contribution in [1.82, 2.24) is 0 Å². The summed E-state index contributed by atoms with van der Waals surface area (Å²) in [6, 6.07) is 6.21. The summed E-state index contributed by atoms with van der Waals surface area (Å²) >= 11 is 10.1. The maximum Gasteiger partial charge on any atom is 0.133 e. The van der Waals surface area contributed by atoms with Crippen LogP contribution in [0.4, 0.5) is 0 Å². The third-order valence-corrected chi connectivity index (χ3v) is 5.26. The maximum absolute atomic E-state index is 6.57. The minimum atomic E-state index is 0.115. The molecular formula is C17H24BrClO. The molecule has 0 amide bonds. The van der Waals surface area contributed by atoms with Crippen LogP contribution in [0.2, 0.25) is 0 Å². The summed E-state index contributed by atoms with van der Waals surface area (Å²) < 4.78 is 6.54. The van der Waals surface area contributed by atoms with E-state index in [0.29, 0.717) is 6.61 Å². The fraction of sp³-hybridized carbons (Fsp3) is 0.647. The summed E-state index contributed by atoms with van der Waals surface area (Å²) in [4.78, 5) is 0. The molecule has 2 rings (SSSR count). The molecule has 20 heavy (non-hydrogen) atoms. The highest BCUT2D eigenvalue weighted by molar-refractivity contribution is 9.10. The highest BCUT2D eigenvalue weighted by Gasteiger charge is 2.16. The SMILES string of the molecule is CCOc1ccc(C(Cl)CCC2CCCCC2)cc1Br. The summed E-state index contributed by atoms with van der Waals surface area (Å²) in [5, 5.41) is 0.115. The summed E-state index contributed by atoms with van der Waals surface area (Å²) in [5.74, 6) is 1.79. The van der Waals surface area contributed by atoms with Gasteiger partial charge in [0.25, 0.3) is 0 Å². The maximum atomic E-state index is 6.57. The van der Waals surface area contributed by atoms with Gasteiger partial charge in [0, 0.05) is 0 Å². The third kappa shape index (κ3) is 4.66. The van der Waals surface area contributed by atoms with Gasteiger partial charge in [0.1, 0.15) is 5.75 Å². The summed E-state index contributed by atoms with van der Waals surface area (Å²) in [5.41, 5.74) is 1.19. The standard InChI is InChI=1S/C17H24BrClO/c1-2-20-17-11-9-14(12-15(17)18)16(19)10-8-13-6-4-3-5-7-13/h9,11-13,16H,2-8,10H2,1H3. The average molecular weight is 360 g/mol. The van der Waals surface area contributed by atoms with E-state index in [1.165, 1.54) is 44.1 Å². The quantitative estimate of drug-likeness (QED) is 0.527. The van der Waals surface area contributed by atoms with Gasteiger partial charge in [-0.2, -0.15) is 0 Å². The molecule has 0 heterocycles. The first-order valence-corrected chi connectivity index (χ1v) is 9.00. The first kappa shape index (κ1) is 16.2. The molecule has 1 aromatic rings. The summed E-state index contributed by atoms with van der Waals surface area (Å²) in [6.45, 7) is 2.68. The van der Waals surface area contributed by atoms with Crippen molar-refractivity contribution >= 4 is 27.5 Å². The summed E-state index contributed by atoms with van der Waals surface area (Å²) in [7, 11) is 0. The zero-order valence-electron chi connectivity index (χ0n) is 12.2. The Labute approximate surface area is 136 Å².